The van der Waals surface area contributed by atoms with Crippen molar-refractivity contribution in [1.29, 1.82) is 0 Å². The summed E-state index contributed by atoms with van der Waals surface area (Å²) in [6.45, 7) is 7.06. The summed E-state index contributed by atoms with van der Waals surface area (Å²) in [5.74, 6) is -1.27. The van der Waals surface area contributed by atoms with Crippen molar-refractivity contribution in [1.82, 2.24) is 4.90 Å². The molecule has 0 saturated carbocycles. The van der Waals surface area contributed by atoms with Crippen LogP contribution in [0.15, 0.2) is 35.4 Å². The topological polar surface area (TPSA) is 77.8 Å². The zero-order valence-corrected chi connectivity index (χ0v) is 12.8. The molecule has 1 aromatic rings. The SMILES string of the molecule is CCN(C(=O)C(C)=C(C)C(=O)O)C(C)c1cccc(O)c1. The number of phenols is 1. The van der Waals surface area contributed by atoms with Crippen molar-refractivity contribution in [3.8, 4) is 5.75 Å². The monoisotopic (exact) mass is 291 g/mol. The third-order valence-electron chi connectivity index (χ3n) is 3.63. The molecule has 1 aromatic carbocycles. The summed E-state index contributed by atoms with van der Waals surface area (Å²) >= 11 is 0. The van der Waals surface area contributed by atoms with Gasteiger partial charge in [-0.1, -0.05) is 12.1 Å². The predicted octanol–water partition coefficient (Wildman–Crippen LogP) is 2.72. The molecule has 114 valence electrons. The summed E-state index contributed by atoms with van der Waals surface area (Å²) in [6, 6.07) is 6.44. The Balaban J connectivity index is 3.10. The molecule has 1 rings (SSSR count). The molecule has 0 heterocycles. The lowest BCUT2D eigenvalue weighted by molar-refractivity contribution is -0.134. The number of carbonyl (C=O) groups excluding carboxylic acids is 1. The molecular weight excluding hydrogens is 270 g/mol. The number of benzene rings is 1. The van der Waals surface area contributed by atoms with Crippen LogP contribution in [0, 0.1) is 0 Å². The van der Waals surface area contributed by atoms with E-state index >= 15 is 0 Å². The van der Waals surface area contributed by atoms with E-state index in [2.05, 4.69) is 0 Å². The fourth-order valence-corrected chi connectivity index (χ4v) is 2.09. The summed E-state index contributed by atoms with van der Waals surface area (Å²) in [7, 11) is 0. The zero-order valence-electron chi connectivity index (χ0n) is 12.8. The smallest absolute Gasteiger partial charge is 0.331 e. The van der Waals surface area contributed by atoms with E-state index in [-0.39, 0.29) is 28.8 Å². The van der Waals surface area contributed by atoms with Crippen molar-refractivity contribution in [2.24, 2.45) is 0 Å². The van der Waals surface area contributed by atoms with Crippen molar-refractivity contribution in [3.05, 3.63) is 41.0 Å². The molecule has 0 saturated heterocycles. The molecule has 0 aliphatic rings. The Labute approximate surface area is 124 Å². The van der Waals surface area contributed by atoms with E-state index in [0.717, 1.165) is 5.56 Å². The molecule has 5 heteroatoms. The molecule has 0 fully saturated rings. The van der Waals surface area contributed by atoms with Gasteiger partial charge in [-0.25, -0.2) is 4.79 Å². The first-order valence-corrected chi connectivity index (χ1v) is 6.80. The van der Waals surface area contributed by atoms with E-state index in [0.29, 0.717) is 6.54 Å². The first-order valence-electron chi connectivity index (χ1n) is 6.80. The van der Waals surface area contributed by atoms with Crippen LogP contribution in [0.4, 0.5) is 0 Å². The van der Waals surface area contributed by atoms with E-state index in [4.69, 9.17) is 5.11 Å². The molecule has 1 atom stereocenters. The summed E-state index contributed by atoms with van der Waals surface area (Å²) < 4.78 is 0. The highest BCUT2D eigenvalue weighted by Gasteiger charge is 2.23. The van der Waals surface area contributed by atoms with Crippen LogP contribution in [0.2, 0.25) is 0 Å². The van der Waals surface area contributed by atoms with Gasteiger partial charge in [-0.3, -0.25) is 4.79 Å². The minimum Gasteiger partial charge on any atom is -0.508 e. The Hall–Kier alpha value is -2.30. The van der Waals surface area contributed by atoms with Crippen LogP contribution in [-0.4, -0.2) is 33.5 Å². The quantitative estimate of drug-likeness (QED) is 0.818. The lowest BCUT2D eigenvalue weighted by atomic mass is 10.0. The van der Waals surface area contributed by atoms with E-state index < -0.39 is 5.97 Å². The number of carboxylic acid groups (broad SMARTS) is 1. The molecule has 1 unspecified atom stereocenters. The molecule has 0 bridgehead atoms. The molecule has 0 spiro atoms. The Bertz CT molecular complexity index is 577. The van der Waals surface area contributed by atoms with Crippen LogP contribution < -0.4 is 0 Å². The van der Waals surface area contributed by atoms with Crippen molar-refractivity contribution >= 4 is 11.9 Å². The normalized spacial score (nSPS) is 13.3. The highest BCUT2D eigenvalue weighted by Crippen LogP contribution is 2.25. The number of rotatable bonds is 5. The van der Waals surface area contributed by atoms with Gasteiger partial charge in [-0.15, -0.1) is 0 Å². The summed E-state index contributed by atoms with van der Waals surface area (Å²) in [5.41, 5.74) is 1.06. The minimum absolute atomic E-state index is 0.0431. The van der Waals surface area contributed by atoms with Crippen LogP contribution in [0.3, 0.4) is 0 Å². The highest BCUT2D eigenvalue weighted by atomic mass is 16.4. The van der Waals surface area contributed by atoms with Crippen molar-refractivity contribution in [2.75, 3.05) is 6.54 Å². The number of likely N-dealkylation sites (N-methyl/N-ethyl adjacent to an activating group) is 1. The molecule has 0 aromatic heterocycles. The summed E-state index contributed by atoms with van der Waals surface area (Å²) in [4.78, 5) is 25.0. The number of carbonyl (C=O) groups is 2. The van der Waals surface area contributed by atoms with Crippen LogP contribution in [-0.2, 0) is 9.59 Å². The van der Waals surface area contributed by atoms with Gasteiger partial charge in [0.25, 0.3) is 5.91 Å². The van der Waals surface area contributed by atoms with Gasteiger partial charge >= 0.3 is 5.97 Å². The molecule has 5 nitrogen and oxygen atoms in total. The number of aliphatic carboxylic acids is 1. The maximum atomic E-state index is 12.5. The van der Waals surface area contributed by atoms with Gasteiger partial charge in [0, 0.05) is 17.7 Å². The number of nitrogens with zero attached hydrogens (tertiary/aromatic N) is 1. The Morgan fingerprint density at radius 2 is 1.86 bits per heavy atom. The Kier molecular flexibility index (Phi) is 5.52. The van der Waals surface area contributed by atoms with Gasteiger partial charge < -0.3 is 15.1 Å². The number of carboxylic acids is 1. The minimum atomic E-state index is -1.10. The fraction of sp³-hybridized carbons (Fsp3) is 0.375. The predicted molar refractivity (Wildman–Crippen MR) is 79.9 cm³/mol. The van der Waals surface area contributed by atoms with Crippen LogP contribution in [0.5, 0.6) is 5.75 Å². The van der Waals surface area contributed by atoms with Crippen LogP contribution in [0.1, 0.15) is 39.3 Å². The zero-order chi connectivity index (χ0) is 16.2. The number of phenolic OH excluding ortho intramolecular Hbond substituents is 1. The molecule has 1 amide bonds. The fourth-order valence-electron chi connectivity index (χ4n) is 2.09. The molecular formula is C16H21NO4. The number of aromatic hydroxyl groups is 1. The van der Waals surface area contributed by atoms with Gasteiger partial charge in [-0.05, 0) is 45.4 Å². The summed E-state index contributed by atoms with van der Waals surface area (Å²) in [5, 5.41) is 18.5. The third-order valence-corrected chi connectivity index (χ3v) is 3.63. The van der Waals surface area contributed by atoms with Crippen molar-refractivity contribution in [2.45, 2.75) is 33.7 Å². The second-order valence-corrected chi connectivity index (χ2v) is 4.92. The van der Waals surface area contributed by atoms with Crippen LogP contribution >= 0.6 is 0 Å². The van der Waals surface area contributed by atoms with Gasteiger partial charge in [0.15, 0.2) is 0 Å². The number of amides is 1. The maximum Gasteiger partial charge on any atom is 0.331 e. The van der Waals surface area contributed by atoms with Gasteiger partial charge in [-0.2, -0.15) is 0 Å². The summed E-state index contributed by atoms with van der Waals surface area (Å²) in [6.07, 6.45) is 0. The van der Waals surface area contributed by atoms with E-state index in [1.54, 1.807) is 23.1 Å². The average molecular weight is 291 g/mol. The standard InChI is InChI=1S/C16H21NO4/c1-5-17(15(19)10(2)11(3)16(20)21)12(4)13-7-6-8-14(18)9-13/h6-9,12,18H,5H2,1-4H3,(H,20,21). The molecule has 2 N–H and O–H groups in total. The van der Waals surface area contributed by atoms with Gasteiger partial charge in [0.2, 0.25) is 0 Å². The average Bonchev–Trinajstić information content (AvgIpc) is 2.45. The van der Waals surface area contributed by atoms with Gasteiger partial charge in [0.05, 0.1) is 6.04 Å². The van der Waals surface area contributed by atoms with Crippen molar-refractivity contribution < 1.29 is 19.8 Å². The molecule has 0 aliphatic heterocycles. The van der Waals surface area contributed by atoms with E-state index in [9.17, 15) is 14.7 Å². The first kappa shape index (κ1) is 16.8. The van der Waals surface area contributed by atoms with Crippen LogP contribution in [0.25, 0.3) is 0 Å². The lowest BCUT2D eigenvalue weighted by Crippen LogP contribution is -2.34. The highest BCUT2D eigenvalue weighted by molar-refractivity contribution is 6.01. The third kappa shape index (κ3) is 3.84. The van der Waals surface area contributed by atoms with E-state index in [1.165, 1.54) is 13.8 Å². The molecule has 0 aliphatic carbocycles. The van der Waals surface area contributed by atoms with E-state index in [1.807, 2.05) is 19.9 Å². The Morgan fingerprint density at radius 1 is 1.24 bits per heavy atom. The largest absolute Gasteiger partial charge is 0.508 e. The Morgan fingerprint density at radius 3 is 2.33 bits per heavy atom. The molecule has 0 radical (unpaired) electrons. The first-order chi connectivity index (χ1) is 9.79. The van der Waals surface area contributed by atoms with Gasteiger partial charge in [0.1, 0.15) is 5.75 Å². The second-order valence-electron chi connectivity index (χ2n) is 4.92. The number of hydrogen-bond acceptors (Lipinski definition) is 3. The number of hydrogen-bond donors (Lipinski definition) is 2. The second kappa shape index (κ2) is 6.92. The van der Waals surface area contributed by atoms with Crippen molar-refractivity contribution in [3.63, 3.8) is 0 Å². The molecule has 21 heavy (non-hydrogen) atoms. The maximum absolute atomic E-state index is 12.5. The lowest BCUT2D eigenvalue weighted by Gasteiger charge is -2.29.